The van der Waals surface area contributed by atoms with Crippen molar-refractivity contribution in [2.45, 2.75) is 18.8 Å². The number of likely N-dealkylation sites (N-methyl/N-ethyl adjacent to an activating group) is 1. The van der Waals surface area contributed by atoms with Crippen LogP contribution < -0.4 is 5.73 Å². The van der Waals surface area contributed by atoms with E-state index in [2.05, 4.69) is 24.1 Å². The SMILES string of the molecule is CN(CC1CC1)CC(C(=N)N)c1ccccc1. The van der Waals surface area contributed by atoms with Crippen LogP contribution in [0.15, 0.2) is 30.3 Å². The molecule has 0 heterocycles. The summed E-state index contributed by atoms with van der Waals surface area (Å²) >= 11 is 0. The Labute approximate surface area is 103 Å². The topological polar surface area (TPSA) is 53.1 Å². The summed E-state index contributed by atoms with van der Waals surface area (Å²) in [5.74, 6) is 1.17. The maximum atomic E-state index is 7.73. The Hall–Kier alpha value is -1.35. The zero-order valence-electron chi connectivity index (χ0n) is 10.4. The number of benzene rings is 1. The lowest BCUT2D eigenvalue weighted by Crippen LogP contribution is -2.33. The van der Waals surface area contributed by atoms with Crippen molar-refractivity contribution in [2.75, 3.05) is 20.1 Å². The van der Waals surface area contributed by atoms with Gasteiger partial charge in [0.15, 0.2) is 0 Å². The minimum absolute atomic E-state index is 0.0277. The van der Waals surface area contributed by atoms with E-state index in [0.717, 1.165) is 24.6 Å². The molecular formula is C14H21N3. The van der Waals surface area contributed by atoms with E-state index in [4.69, 9.17) is 11.1 Å². The molecule has 1 aromatic rings. The lowest BCUT2D eigenvalue weighted by atomic mass is 9.97. The van der Waals surface area contributed by atoms with Crippen molar-refractivity contribution >= 4 is 5.84 Å². The Morgan fingerprint density at radius 2 is 2.06 bits per heavy atom. The molecule has 1 fully saturated rings. The van der Waals surface area contributed by atoms with E-state index < -0.39 is 0 Å². The van der Waals surface area contributed by atoms with Crippen molar-refractivity contribution in [3.63, 3.8) is 0 Å². The molecular weight excluding hydrogens is 210 g/mol. The fourth-order valence-corrected chi connectivity index (χ4v) is 2.20. The predicted molar refractivity (Wildman–Crippen MR) is 71.3 cm³/mol. The van der Waals surface area contributed by atoms with Gasteiger partial charge in [-0.15, -0.1) is 0 Å². The van der Waals surface area contributed by atoms with Crippen LogP contribution in [0.1, 0.15) is 24.3 Å². The Kier molecular flexibility index (Phi) is 3.79. The Morgan fingerprint density at radius 3 is 2.59 bits per heavy atom. The van der Waals surface area contributed by atoms with E-state index in [-0.39, 0.29) is 11.8 Å². The van der Waals surface area contributed by atoms with Gasteiger partial charge in [0, 0.05) is 13.1 Å². The smallest absolute Gasteiger partial charge is 0.0995 e. The fraction of sp³-hybridized carbons (Fsp3) is 0.500. The van der Waals surface area contributed by atoms with Gasteiger partial charge >= 0.3 is 0 Å². The number of hydrogen-bond acceptors (Lipinski definition) is 2. The first-order valence-corrected chi connectivity index (χ1v) is 6.24. The Balaban J connectivity index is 1.99. The highest BCUT2D eigenvalue weighted by Crippen LogP contribution is 2.30. The van der Waals surface area contributed by atoms with Crippen molar-refractivity contribution in [3.05, 3.63) is 35.9 Å². The Bertz CT molecular complexity index is 370. The van der Waals surface area contributed by atoms with Crippen molar-refractivity contribution in [1.29, 1.82) is 5.41 Å². The number of nitrogens with zero attached hydrogens (tertiary/aromatic N) is 1. The molecule has 1 aromatic carbocycles. The largest absolute Gasteiger partial charge is 0.387 e. The van der Waals surface area contributed by atoms with Crippen LogP contribution in [0.2, 0.25) is 0 Å². The maximum absolute atomic E-state index is 7.73. The number of rotatable bonds is 6. The highest BCUT2D eigenvalue weighted by molar-refractivity contribution is 5.84. The van der Waals surface area contributed by atoms with Gasteiger partial charge in [-0.2, -0.15) is 0 Å². The zero-order chi connectivity index (χ0) is 12.3. The standard InChI is InChI=1S/C14H21N3/c1-17(9-11-7-8-11)10-13(14(15)16)12-5-3-2-4-6-12/h2-6,11,13H,7-10H2,1H3,(H3,15,16). The van der Waals surface area contributed by atoms with Gasteiger partial charge in [-0.05, 0) is 31.4 Å². The molecule has 0 saturated heterocycles. The number of nitrogens with one attached hydrogen (secondary N) is 1. The summed E-state index contributed by atoms with van der Waals surface area (Å²) < 4.78 is 0. The number of nitrogens with two attached hydrogens (primary N) is 1. The molecule has 0 radical (unpaired) electrons. The van der Waals surface area contributed by atoms with Crippen molar-refractivity contribution < 1.29 is 0 Å². The summed E-state index contributed by atoms with van der Waals surface area (Å²) in [5.41, 5.74) is 6.86. The monoisotopic (exact) mass is 231 g/mol. The van der Waals surface area contributed by atoms with E-state index in [1.807, 2.05) is 18.2 Å². The average molecular weight is 231 g/mol. The lowest BCUT2D eigenvalue weighted by Gasteiger charge is -2.23. The predicted octanol–water partition coefficient (Wildman–Crippen LogP) is 2.05. The van der Waals surface area contributed by atoms with Crippen molar-refractivity contribution in [2.24, 2.45) is 11.7 Å². The molecule has 0 aliphatic heterocycles. The molecule has 1 aliphatic rings. The first kappa shape index (κ1) is 12.1. The highest BCUT2D eigenvalue weighted by atomic mass is 15.1. The molecule has 0 aromatic heterocycles. The first-order chi connectivity index (χ1) is 8.16. The van der Waals surface area contributed by atoms with E-state index in [1.54, 1.807) is 0 Å². The van der Waals surface area contributed by atoms with E-state index >= 15 is 0 Å². The Morgan fingerprint density at radius 1 is 1.41 bits per heavy atom. The summed E-state index contributed by atoms with van der Waals surface area (Å²) in [6, 6.07) is 10.1. The second kappa shape index (κ2) is 5.32. The third-order valence-electron chi connectivity index (χ3n) is 3.34. The number of hydrogen-bond donors (Lipinski definition) is 2. The van der Waals surface area contributed by atoms with Crippen molar-refractivity contribution in [3.8, 4) is 0 Å². The molecule has 92 valence electrons. The van der Waals surface area contributed by atoms with Gasteiger partial charge in [0.1, 0.15) is 0 Å². The van der Waals surface area contributed by atoms with Gasteiger partial charge < -0.3 is 10.6 Å². The van der Waals surface area contributed by atoms with Gasteiger partial charge in [0.2, 0.25) is 0 Å². The van der Waals surface area contributed by atoms with Crippen LogP contribution in [0.5, 0.6) is 0 Å². The summed E-state index contributed by atoms with van der Waals surface area (Å²) in [6.45, 7) is 1.98. The minimum Gasteiger partial charge on any atom is -0.387 e. The highest BCUT2D eigenvalue weighted by Gasteiger charge is 2.24. The van der Waals surface area contributed by atoms with E-state index in [9.17, 15) is 0 Å². The molecule has 0 bridgehead atoms. The summed E-state index contributed by atoms with van der Waals surface area (Å²) in [5, 5.41) is 7.73. The zero-order valence-corrected chi connectivity index (χ0v) is 10.4. The third kappa shape index (κ3) is 3.56. The fourth-order valence-electron chi connectivity index (χ4n) is 2.20. The summed E-state index contributed by atoms with van der Waals surface area (Å²) in [6.07, 6.45) is 2.72. The summed E-state index contributed by atoms with van der Waals surface area (Å²) in [4.78, 5) is 2.30. The van der Waals surface area contributed by atoms with Crippen LogP contribution in [0, 0.1) is 11.3 Å². The van der Waals surface area contributed by atoms with Crippen LogP contribution in [-0.2, 0) is 0 Å². The van der Waals surface area contributed by atoms with Crippen LogP contribution in [0.4, 0.5) is 0 Å². The van der Waals surface area contributed by atoms with Crippen LogP contribution in [0.25, 0.3) is 0 Å². The molecule has 3 N–H and O–H groups in total. The van der Waals surface area contributed by atoms with Gasteiger partial charge in [-0.1, -0.05) is 30.3 Å². The minimum atomic E-state index is 0.0277. The van der Waals surface area contributed by atoms with Gasteiger partial charge in [-0.25, -0.2) is 0 Å². The number of amidine groups is 1. The summed E-state index contributed by atoms with van der Waals surface area (Å²) in [7, 11) is 2.12. The average Bonchev–Trinajstić information content (AvgIpc) is 3.10. The van der Waals surface area contributed by atoms with Crippen molar-refractivity contribution in [1.82, 2.24) is 4.90 Å². The van der Waals surface area contributed by atoms with Crippen LogP contribution in [0.3, 0.4) is 0 Å². The molecule has 3 nitrogen and oxygen atoms in total. The first-order valence-electron chi connectivity index (χ1n) is 6.24. The second-order valence-electron chi connectivity index (χ2n) is 5.08. The molecule has 2 rings (SSSR count). The molecule has 0 spiro atoms. The van der Waals surface area contributed by atoms with Crippen LogP contribution in [-0.4, -0.2) is 30.9 Å². The lowest BCUT2D eigenvalue weighted by molar-refractivity contribution is 0.316. The molecule has 1 unspecified atom stereocenters. The third-order valence-corrected chi connectivity index (χ3v) is 3.34. The van der Waals surface area contributed by atoms with Gasteiger partial charge in [-0.3, -0.25) is 5.41 Å². The van der Waals surface area contributed by atoms with Crippen LogP contribution >= 0.6 is 0 Å². The van der Waals surface area contributed by atoms with E-state index in [0.29, 0.717) is 0 Å². The van der Waals surface area contributed by atoms with Gasteiger partial charge in [0.05, 0.1) is 11.8 Å². The normalized spacial score (nSPS) is 17.1. The molecule has 1 aliphatic carbocycles. The quantitative estimate of drug-likeness (QED) is 0.581. The molecule has 1 saturated carbocycles. The second-order valence-corrected chi connectivity index (χ2v) is 5.08. The molecule has 3 heteroatoms. The molecule has 17 heavy (non-hydrogen) atoms. The molecule has 1 atom stereocenters. The van der Waals surface area contributed by atoms with Gasteiger partial charge in [0.25, 0.3) is 0 Å². The maximum Gasteiger partial charge on any atom is 0.0995 e. The molecule has 0 amide bonds. The van der Waals surface area contributed by atoms with E-state index in [1.165, 1.54) is 12.8 Å².